The first-order valence-electron chi connectivity index (χ1n) is 24.9. The third-order valence-corrected chi connectivity index (χ3v) is 12.9. The lowest BCUT2D eigenvalue weighted by Crippen LogP contribution is -2.22. The predicted octanol–water partition coefficient (Wildman–Crippen LogP) is 18.5. The Morgan fingerprint density at radius 1 is 0.310 bits per heavy atom. The maximum Gasteiger partial charge on any atom is 0.119 e. The second kappa shape index (κ2) is 34.3. The molecule has 0 radical (unpaired) electrons. The number of ether oxygens (including phenoxy) is 2. The quantitative estimate of drug-likeness (QED) is 0.0324. The Labute approximate surface area is 364 Å². The Morgan fingerprint density at radius 2 is 0.552 bits per heavy atom. The van der Waals surface area contributed by atoms with Gasteiger partial charge in [0.25, 0.3) is 0 Å². The molecule has 0 saturated carbocycles. The molecule has 3 aromatic rings. The van der Waals surface area contributed by atoms with Crippen molar-refractivity contribution in [3.63, 3.8) is 0 Å². The lowest BCUT2D eigenvalue weighted by molar-refractivity contribution is 0.304. The van der Waals surface area contributed by atoms with Crippen LogP contribution in [0.15, 0.2) is 78.9 Å². The summed E-state index contributed by atoms with van der Waals surface area (Å²) in [5.41, 5.74) is 3.13. The van der Waals surface area contributed by atoms with Crippen LogP contribution in [0.5, 0.6) is 11.5 Å². The van der Waals surface area contributed by atoms with Crippen LogP contribution in [0.2, 0.25) is 0 Å². The van der Waals surface area contributed by atoms with E-state index in [1.807, 2.05) is 6.07 Å². The number of unbranched alkanes of at least 4 members (excludes halogenated alkanes) is 30. The molecular weight excluding hydrogens is 728 g/mol. The van der Waals surface area contributed by atoms with Gasteiger partial charge in [-0.1, -0.05) is 261 Å². The second-order valence-corrected chi connectivity index (χ2v) is 17.9. The number of hydrogen-bond donors (Lipinski definition) is 0. The van der Waals surface area contributed by atoms with Gasteiger partial charge in [-0.3, -0.25) is 0 Å². The summed E-state index contributed by atoms with van der Waals surface area (Å²) in [4.78, 5) is -0.805. The number of rotatable bonds is 39. The van der Waals surface area contributed by atoms with Gasteiger partial charge in [-0.05, 0) is 53.8 Å². The molecule has 0 unspecified atom stereocenters. The van der Waals surface area contributed by atoms with Gasteiger partial charge in [-0.25, -0.2) is 0 Å². The maximum atomic E-state index is 7.65. The Hall–Kier alpha value is -2.45. The largest absolute Gasteiger partial charge is 0.494 e. The first-order chi connectivity index (χ1) is 28.7. The molecule has 0 heterocycles. The molecule has 0 amide bonds. The summed E-state index contributed by atoms with van der Waals surface area (Å²) in [6.07, 6.45) is 44.2. The van der Waals surface area contributed by atoms with E-state index in [9.17, 15) is 0 Å². The van der Waals surface area contributed by atoms with E-state index in [-0.39, 0.29) is 0 Å². The van der Waals surface area contributed by atoms with E-state index >= 15 is 0 Å². The molecule has 0 fully saturated rings. The van der Waals surface area contributed by atoms with Crippen molar-refractivity contribution < 1.29 is 9.47 Å². The van der Waals surface area contributed by atoms with Gasteiger partial charge in [0.2, 0.25) is 0 Å². The highest BCUT2D eigenvalue weighted by molar-refractivity contribution is 6.28. The molecular formula is C55H87ClO2. The minimum absolute atomic E-state index is 0.767. The number of benzene rings is 3. The molecule has 0 aliphatic rings. The second-order valence-electron chi connectivity index (χ2n) is 17.4. The summed E-state index contributed by atoms with van der Waals surface area (Å²) in [6, 6.07) is 27.3. The van der Waals surface area contributed by atoms with E-state index < -0.39 is 4.87 Å². The first kappa shape index (κ1) is 49.9. The summed E-state index contributed by atoms with van der Waals surface area (Å²) < 4.78 is 12.3. The average molecular weight is 816 g/mol. The number of alkyl halides is 1. The molecule has 0 atom stereocenters. The number of hydrogen-bond acceptors (Lipinski definition) is 2. The molecule has 3 rings (SSSR count). The van der Waals surface area contributed by atoms with Crippen LogP contribution in [0.3, 0.4) is 0 Å². The molecule has 0 bridgehead atoms. The van der Waals surface area contributed by atoms with Gasteiger partial charge in [0.15, 0.2) is 0 Å². The SMILES string of the molecule is CCCCCCCCCCCCCCCCCCOc1ccc(C(Cl)(c2ccccc2)c2ccc(OCCCCCCCCCCCCCCCCCC)cc2)cc1. The van der Waals surface area contributed by atoms with Crippen molar-refractivity contribution in [3.05, 3.63) is 95.6 Å². The Bertz CT molecular complexity index is 1240. The Morgan fingerprint density at radius 3 is 0.828 bits per heavy atom. The highest BCUT2D eigenvalue weighted by Crippen LogP contribution is 2.44. The van der Waals surface area contributed by atoms with Crippen molar-refractivity contribution in [1.29, 1.82) is 0 Å². The van der Waals surface area contributed by atoms with Crippen molar-refractivity contribution in [2.45, 2.75) is 224 Å². The molecule has 3 aromatic carbocycles. The van der Waals surface area contributed by atoms with Gasteiger partial charge in [-0.2, -0.15) is 0 Å². The Balaban J connectivity index is 1.28. The standard InChI is InChI=1S/C55H87ClO2/c1-3-5-7-9-11-13-15-17-19-21-23-25-27-29-31-36-48-57-53-44-40-51(41-45-53)55(56,50-38-34-33-35-39-50)52-42-46-54(47-43-52)58-49-37-32-30-28-26-24-22-20-18-16-14-12-10-8-6-4-2/h33-35,38-47H,3-32,36-37,48-49H2,1-2H3. The van der Waals surface area contributed by atoms with E-state index in [0.717, 1.165) is 54.2 Å². The van der Waals surface area contributed by atoms with E-state index in [4.69, 9.17) is 21.1 Å². The topological polar surface area (TPSA) is 18.5 Å². The molecule has 0 aliphatic carbocycles. The fourth-order valence-electron chi connectivity index (χ4n) is 8.41. The smallest absolute Gasteiger partial charge is 0.119 e. The van der Waals surface area contributed by atoms with Crippen molar-refractivity contribution in [3.8, 4) is 11.5 Å². The molecule has 0 N–H and O–H groups in total. The van der Waals surface area contributed by atoms with Crippen LogP contribution in [0.25, 0.3) is 0 Å². The highest BCUT2D eigenvalue weighted by Gasteiger charge is 2.34. The lowest BCUT2D eigenvalue weighted by atomic mass is 9.84. The first-order valence-corrected chi connectivity index (χ1v) is 25.3. The van der Waals surface area contributed by atoms with E-state index in [1.165, 1.54) is 193 Å². The summed E-state index contributed by atoms with van der Waals surface area (Å²) in [5, 5.41) is 0. The van der Waals surface area contributed by atoms with Crippen LogP contribution >= 0.6 is 11.6 Å². The van der Waals surface area contributed by atoms with Crippen LogP contribution in [-0.2, 0) is 4.87 Å². The van der Waals surface area contributed by atoms with Crippen LogP contribution in [0.1, 0.15) is 236 Å². The van der Waals surface area contributed by atoms with Crippen molar-refractivity contribution in [1.82, 2.24) is 0 Å². The van der Waals surface area contributed by atoms with Gasteiger partial charge in [-0.15, -0.1) is 11.6 Å². The fourth-order valence-corrected chi connectivity index (χ4v) is 8.79. The van der Waals surface area contributed by atoms with E-state index in [0.29, 0.717) is 0 Å². The molecule has 326 valence electrons. The van der Waals surface area contributed by atoms with E-state index in [2.05, 4.69) is 86.6 Å². The normalized spacial score (nSPS) is 11.6. The van der Waals surface area contributed by atoms with Crippen LogP contribution in [-0.4, -0.2) is 13.2 Å². The summed E-state index contributed by atoms with van der Waals surface area (Å²) in [6.45, 7) is 6.13. The predicted molar refractivity (Wildman–Crippen MR) is 255 cm³/mol. The third kappa shape index (κ3) is 22.2. The van der Waals surface area contributed by atoms with Gasteiger partial charge in [0.1, 0.15) is 16.4 Å². The minimum atomic E-state index is -0.805. The molecule has 3 heteroatoms. The summed E-state index contributed by atoms with van der Waals surface area (Å²) in [7, 11) is 0. The van der Waals surface area contributed by atoms with Gasteiger partial charge < -0.3 is 9.47 Å². The van der Waals surface area contributed by atoms with Crippen LogP contribution in [0.4, 0.5) is 0 Å². The zero-order valence-electron chi connectivity index (χ0n) is 37.7. The molecule has 0 aromatic heterocycles. The van der Waals surface area contributed by atoms with Gasteiger partial charge >= 0.3 is 0 Å². The zero-order valence-corrected chi connectivity index (χ0v) is 38.5. The zero-order chi connectivity index (χ0) is 41.0. The average Bonchev–Trinajstić information content (AvgIpc) is 3.26. The Kier molecular flexibility index (Phi) is 29.5. The molecule has 2 nitrogen and oxygen atoms in total. The molecule has 0 saturated heterocycles. The molecule has 0 aliphatic heterocycles. The minimum Gasteiger partial charge on any atom is -0.494 e. The van der Waals surface area contributed by atoms with Crippen molar-refractivity contribution in [2.75, 3.05) is 13.2 Å². The molecule has 0 spiro atoms. The monoisotopic (exact) mass is 815 g/mol. The lowest BCUT2D eigenvalue weighted by Gasteiger charge is -2.29. The summed E-state index contributed by atoms with van der Waals surface area (Å²) >= 11 is 7.65. The van der Waals surface area contributed by atoms with Crippen LogP contribution in [0, 0.1) is 0 Å². The van der Waals surface area contributed by atoms with Crippen molar-refractivity contribution in [2.24, 2.45) is 0 Å². The van der Waals surface area contributed by atoms with E-state index in [1.54, 1.807) is 0 Å². The van der Waals surface area contributed by atoms with Gasteiger partial charge in [0.05, 0.1) is 13.2 Å². The maximum absolute atomic E-state index is 7.65. The highest BCUT2D eigenvalue weighted by atomic mass is 35.5. The molecule has 58 heavy (non-hydrogen) atoms. The van der Waals surface area contributed by atoms with Gasteiger partial charge in [0, 0.05) is 0 Å². The fraction of sp³-hybridized carbons (Fsp3) is 0.673. The van der Waals surface area contributed by atoms with Crippen molar-refractivity contribution >= 4 is 11.6 Å². The number of halogens is 1. The third-order valence-electron chi connectivity index (χ3n) is 12.2. The van der Waals surface area contributed by atoms with Crippen LogP contribution < -0.4 is 9.47 Å². The summed E-state index contributed by atoms with van der Waals surface area (Å²) in [5.74, 6) is 1.82.